The van der Waals surface area contributed by atoms with Crippen molar-refractivity contribution in [3.05, 3.63) is 40.6 Å². The van der Waals surface area contributed by atoms with Gasteiger partial charge in [-0.25, -0.2) is 9.97 Å². The summed E-state index contributed by atoms with van der Waals surface area (Å²) in [6.07, 6.45) is 0. The fourth-order valence-electron chi connectivity index (χ4n) is 2.37. The van der Waals surface area contributed by atoms with Crippen LogP contribution in [0.15, 0.2) is 18.2 Å². The van der Waals surface area contributed by atoms with E-state index in [4.69, 9.17) is 9.97 Å². The molecular formula is C16H19N3S. The first-order valence-electron chi connectivity index (χ1n) is 6.98. The minimum absolute atomic E-state index is 0.838. The molecule has 0 spiro atoms. The van der Waals surface area contributed by atoms with Gasteiger partial charge in [0, 0.05) is 29.2 Å². The number of anilines is 1. The lowest BCUT2D eigenvalue weighted by atomic mass is 10.1. The van der Waals surface area contributed by atoms with E-state index in [1.54, 1.807) is 0 Å². The van der Waals surface area contributed by atoms with Crippen molar-refractivity contribution in [3.63, 3.8) is 0 Å². The van der Waals surface area contributed by atoms with E-state index in [9.17, 15) is 0 Å². The Kier molecular flexibility index (Phi) is 3.66. The Morgan fingerprint density at radius 2 is 2.00 bits per heavy atom. The van der Waals surface area contributed by atoms with Crippen LogP contribution in [0.5, 0.6) is 0 Å². The first-order chi connectivity index (χ1) is 9.69. The molecule has 0 aliphatic carbocycles. The van der Waals surface area contributed by atoms with E-state index in [0.717, 1.165) is 35.3 Å². The second-order valence-electron chi connectivity index (χ2n) is 5.14. The predicted octanol–water partition coefficient (Wildman–Crippen LogP) is 3.94. The number of benzene rings is 1. The standard InChI is InChI=1S/C16H19N3S/c1-4-17-16-13-8-20-9-14(13)18-15(19-16)12-6-5-10(2)11(3)7-12/h5-7H,4,8-9H2,1-3H3,(H,17,18,19). The molecule has 2 heterocycles. The number of nitrogens with one attached hydrogen (secondary N) is 1. The van der Waals surface area contributed by atoms with E-state index in [2.05, 4.69) is 44.3 Å². The molecule has 0 saturated carbocycles. The molecule has 0 radical (unpaired) electrons. The molecule has 1 aliphatic rings. The van der Waals surface area contributed by atoms with Gasteiger partial charge in [0.2, 0.25) is 0 Å². The minimum atomic E-state index is 0.838. The van der Waals surface area contributed by atoms with E-state index in [1.165, 1.54) is 22.4 Å². The number of hydrogen-bond donors (Lipinski definition) is 1. The molecule has 104 valence electrons. The molecule has 1 N–H and O–H groups in total. The number of nitrogens with zero attached hydrogens (tertiary/aromatic N) is 2. The zero-order chi connectivity index (χ0) is 14.1. The Hall–Kier alpha value is -1.55. The van der Waals surface area contributed by atoms with Crippen molar-refractivity contribution in [2.45, 2.75) is 32.3 Å². The lowest BCUT2D eigenvalue weighted by molar-refractivity contribution is 1.05. The SMILES string of the molecule is CCNc1nc(-c2ccc(C)c(C)c2)nc2c1CSC2. The Balaban J connectivity index is 2.09. The number of rotatable bonds is 3. The monoisotopic (exact) mass is 285 g/mol. The summed E-state index contributed by atoms with van der Waals surface area (Å²) < 4.78 is 0. The van der Waals surface area contributed by atoms with E-state index >= 15 is 0 Å². The molecule has 0 fully saturated rings. The Morgan fingerprint density at radius 1 is 1.15 bits per heavy atom. The lowest BCUT2D eigenvalue weighted by Crippen LogP contribution is -2.06. The smallest absolute Gasteiger partial charge is 0.161 e. The van der Waals surface area contributed by atoms with Crippen LogP contribution in [0.3, 0.4) is 0 Å². The van der Waals surface area contributed by atoms with E-state index in [1.807, 2.05) is 11.8 Å². The van der Waals surface area contributed by atoms with Gasteiger partial charge in [0.1, 0.15) is 5.82 Å². The molecule has 1 aromatic heterocycles. The van der Waals surface area contributed by atoms with Gasteiger partial charge in [-0.1, -0.05) is 12.1 Å². The Morgan fingerprint density at radius 3 is 2.75 bits per heavy atom. The van der Waals surface area contributed by atoms with Crippen molar-refractivity contribution in [1.82, 2.24) is 9.97 Å². The summed E-state index contributed by atoms with van der Waals surface area (Å²) >= 11 is 1.91. The highest BCUT2D eigenvalue weighted by Crippen LogP contribution is 2.34. The number of fused-ring (bicyclic) bond motifs is 1. The van der Waals surface area contributed by atoms with Crippen LogP contribution in [-0.2, 0) is 11.5 Å². The molecule has 2 aromatic rings. The van der Waals surface area contributed by atoms with Crippen molar-refractivity contribution in [2.24, 2.45) is 0 Å². The molecule has 20 heavy (non-hydrogen) atoms. The fraction of sp³-hybridized carbons (Fsp3) is 0.375. The molecule has 0 bridgehead atoms. The van der Waals surface area contributed by atoms with Gasteiger partial charge in [-0.3, -0.25) is 0 Å². The van der Waals surface area contributed by atoms with Crippen LogP contribution in [-0.4, -0.2) is 16.5 Å². The zero-order valence-electron chi connectivity index (χ0n) is 12.2. The van der Waals surface area contributed by atoms with Gasteiger partial charge in [-0.15, -0.1) is 0 Å². The van der Waals surface area contributed by atoms with Crippen LogP contribution in [0.2, 0.25) is 0 Å². The largest absolute Gasteiger partial charge is 0.370 e. The highest BCUT2D eigenvalue weighted by Gasteiger charge is 2.20. The third-order valence-electron chi connectivity index (χ3n) is 3.69. The minimum Gasteiger partial charge on any atom is -0.370 e. The number of aromatic nitrogens is 2. The quantitative estimate of drug-likeness (QED) is 0.927. The molecule has 3 nitrogen and oxygen atoms in total. The number of thioether (sulfide) groups is 1. The van der Waals surface area contributed by atoms with Gasteiger partial charge < -0.3 is 5.32 Å². The molecular weight excluding hydrogens is 266 g/mol. The Bertz CT molecular complexity index is 652. The van der Waals surface area contributed by atoms with Gasteiger partial charge in [-0.05, 0) is 38.0 Å². The predicted molar refractivity (Wildman–Crippen MR) is 86.1 cm³/mol. The van der Waals surface area contributed by atoms with Gasteiger partial charge in [0.15, 0.2) is 5.82 Å². The maximum Gasteiger partial charge on any atom is 0.161 e. The molecule has 0 amide bonds. The maximum absolute atomic E-state index is 4.77. The first kappa shape index (κ1) is 13.4. The van der Waals surface area contributed by atoms with Crippen LogP contribution in [0.25, 0.3) is 11.4 Å². The summed E-state index contributed by atoms with van der Waals surface area (Å²) in [4.78, 5) is 9.50. The summed E-state index contributed by atoms with van der Waals surface area (Å²) in [6.45, 7) is 7.25. The maximum atomic E-state index is 4.77. The molecule has 0 atom stereocenters. The second-order valence-corrected chi connectivity index (χ2v) is 6.13. The van der Waals surface area contributed by atoms with Crippen molar-refractivity contribution < 1.29 is 0 Å². The van der Waals surface area contributed by atoms with Crippen LogP contribution in [0.1, 0.15) is 29.3 Å². The summed E-state index contributed by atoms with van der Waals surface area (Å²) in [6, 6.07) is 6.43. The molecule has 0 saturated heterocycles. The van der Waals surface area contributed by atoms with Crippen LogP contribution in [0.4, 0.5) is 5.82 Å². The highest BCUT2D eigenvalue weighted by atomic mass is 32.2. The fourth-order valence-corrected chi connectivity index (χ4v) is 3.42. The summed E-state index contributed by atoms with van der Waals surface area (Å²) in [5.41, 5.74) is 6.16. The van der Waals surface area contributed by atoms with E-state index in [0.29, 0.717) is 0 Å². The van der Waals surface area contributed by atoms with Crippen LogP contribution in [0, 0.1) is 13.8 Å². The van der Waals surface area contributed by atoms with Gasteiger partial charge in [-0.2, -0.15) is 11.8 Å². The van der Waals surface area contributed by atoms with E-state index in [-0.39, 0.29) is 0 Å². The van der Waals surface area contributed by atoms with Crippen molar-refractivity contribution >= 4 is 17.6 Å². The summed E-state index contributed by atoms with van der Waals surface area (Å²) in [5, 5.41) is 3.38. The Labute approximate surface area is 124 Å². The van der Waals surface area contributed by atoms with Gasteiger partial charge in [0.05, 0.1) is 5.69 Å². The third kappa shape index (κ3) is 2.40. The van der Waals surface area contributed by atoms with Crippen molar-refractivity contribution in [2.75, 3.05) is 11.9 Å². The zero-order valence-corrected chi connectivity index (χ0v) is 13.0. The number of aryl methyl sites for hydroxylation is 2. The topological polar surface area (TPSA) is 37.8 Å². The van der Waals surface area contributed by atoms with Gasteiger partial charge >= 0.3 is 0 Å². The van der Waals surface area contributed by atoms with Crippen LogP contribution < -0.4 is 5.32 Å². The summed E-state index contributed by atoms with van der Waals surface area (Å²) in [7, 11) is 0. The van der Waals surface area contributed by atoms with Crippen molar-refractivity contribution in [1.29, 1.82) is 0 Å². The molecule has 1 aliphatic heterocycles. The van der Waals surface area contributed by atoms with Crippen molar-refractivity contribution in [3.8, 4) is 11.4 Å². The third-order valence-corrected chi connectivity index (χ3v) is 4.66. The van der Waals surface area contributed by atoms with Crippen LogP contribution >= 0.6 is 11.8 Å². The average Bonchev–Trinajstić information content (AvgIpc) is 2.90. The highest BCUT2D eigenvalue weighted by molar-refractivity contribution is 7.98. The number of hydrogen-bond acceptors (Lipinski definition) is 4. The molecule has 1 aromatic carbocycles. The molecule has 0 unspecified atom stereocenters. The second kappa shape index (κ2) is 5.44. The normalized spacial score (nSPS) is 13.3. The summed E-state index contributed by atoms with van der Waals surface area (Å²) in [5.74, 6) is 3.86. The van der Waals surface area contributed by atoms with E-state index < -0.39 is 0 Å². The lowest BCUT2D eigenvalue weighted by Gasteiger charge is -2.11. The molecule has 3 rings (SSSR count). The first-order valence-corrected chi connectivity index (χ1v) is 8.13. The van der Waals surface area contributed by atoms with Gasteiger partial charge in [0.25, 0.3) is 0 Å². The molecule has 4 heteroatoms. The average molecular weight is 285 g/mol.